The molecule has 3 rings (SSSR count). The second-order valence-electron chi connectivity index (χ2n) is 5.77. The summed E-state index contributed by atoms with van der Waals surface area (Å²) in [6.07, 6.45) is 2.78. The van der Waals surface area contributed by atoms with Crippen LogP contribution in [0.15, 0.2) is 29.6 Å². The molecule has 1 aliphatic rings. The van der Waals surface area contributed by atoms with Gasteiger partial charge in [0.2, 0.25) is 5.91 Å². The monoisotopic (exact) mass is 317 g/mol. The number of carboxylic acids is 1. The molecule has 1 atom stereocenters. The van der Waals surface area contributed by atoms with Crippen molar-refractivity contribution in [2.75, 3.05) is 13.1 Å². The number of thiophene rings is 1. The molecule has 2 aromatic rings. The van der Waals surface area contributed by atoms with Crippen molar-refractivity contribution in [3.8, 4) is 0 Å². The molecule has 116 valence electrons. The van der Waals surface area contributed by atoms with E-state index in [2.05, 4.69) is 17.5 Å². The van der Waals surface area contributed by atoms with Crippen molar-refractivity contribution in [2.45, 2.75) is 25.7 Å². The van der Waals surface area contributed by atoms with Crippen molar-refractivity contribution in [1.82, 2.24) is 4.90 Å². The number of fused-ring (bicyclic) bond motifs is 1. The fourth-order valence-corrected chi connectivity index (χ4v) is 4.00. The number of carbonyl (C=O) groups excluding carboxylic acids is 1. The van der Waals surface area contributed by atoms with Gasteiger partial charge in [-0.2, -0.15) is 0 Å². The van der Waals surface area contributed by atoms with Crippen LogP contribution in [0.5, 0.6) is 0 Å². The predicted molar refractivity (Wildman–Crippen MR) is 87.1 cm³/mol. The highest BCUT2D eigenvalue weighted by molar-refractivity contribution is 7.17. The van der Waals surface area contributed by atoms with E-state index in [1.54, 1.807) is 16.2 Å². The first-order chi connectivity index (χ1) is 10.6. The smallest absolute Gasteiger partial charge is 0.308 e. The van der Waals surface area contributed by atoms with Crippen LogP contribution in [0.25, 0.3) is 10.1 Å². The van der Waals surface area contributed by atoms with Crippen LogP contribution in [0.3, 0.4) is 0 Å². The normalized spacial score (nSPS) is 18.0. The Hall–Kier alpha value is -1.88. The molecule has 1 aliphatic heterocycles. The first-order valence-electron chi connectivity index (χ1n) is 7.61. The lowest BCUT2D eigenvalue weighted by Crippen LogP contribution is -2.29. The third-order valence-corrected chi connectivity index (χ3v) is 5.30. The van der Waals surface area contributed by atoms with Gasteiger partial charge in [0.1, 0.15) is 0 Å². The first-order valence-corrected chi connectivity index (χ1v) is 8.49. The predicted octanol–water partition coefficient (Wildman–Crippen LogP) is 3.16. The molecular formula is C17H19NO3S. The zero-order chi connectivity index (χ0) is 15.5. The third kappa shape index (κ3) is 3.14. The van der Waals surface area contributed by atoms with Gasteiger partial charge in [0.15, 0.2) is 0 Å². The lowest BCUT2D eigenvalue weighted by atomic mass is 10.1. The fourth-order valence-electron chi connectivity index (χ4n) is 3.00. The fraction of sp³-hybridized carbons (Fsp3) is 0.412. The van der Waals surface area contributed by atoms with Crippen molar-refractivity contribution in [1.29, 1.82) is 0 Å². The highest BCUT2D eigenvalue weighted by Crippen LogP contribution is 2.27. The maximum absolute atomic E-state index is 12.1. The van der Waals surface area contributed by atoms with Gasteiger partial charge in [0, 0.05) is 24.2 Å². The van der Waals surface area contributed by atoms with Gasteiger partial charge in [0.25, 0.3) is 0 Å². The Morgan fingerprint density at radius 1 is 1.32 bits per heavy atom. The molecule has 1 saturated heterocycles. The number of aryl methyl sites for hydroxylation is 1. The molecule has 2 heterocycles. The minimum atomic E-state index is -0.792. The van der Waals surface area contributed by atoms with Crippen molar-refractivity contribution >= 4 is 33.3 Å². The van der Waals surface area contributed by atoms with Gasteiger partial charge in [-0.25, -0.2) is 0 Å². The Morgan fingerprint density at radius 2 is 2.14 bits per heavy atom. The lowest BCUT2D eigenvalue weighted by molar-refractivity contribution is -0.141. The van der Waals surface area contributed by atoms with Crippen LogP contribution < -0.4 is 0 Å². The number of carboxylic acid groups (broad SMARTS) is 1. The maximum Gasteiger partial charge on any atom is 0.308 e. The molecule has 5 heteroatoms. The Kier molecular flexibility index (Phi) is 4.43. The molecule has 0 radical (unpaired) electrons. The van der Waals surface area contributed by atoms with E-state index in [0.717, 1.165) is 12.8 Å². The zero-order valence-electron chi connectivity index (χ0n) is 12.3. The lowest BCUT2D eigenvalue weighted by Gasteiger charge is -2.15. The van der Waals surface area contributed by atoms with Crippen LogP contribution in [0, 0.1) is 5.92 Å². The summed E-state index contributed by atoms with van der Waals surface area (Å²) in [6.45, 7) is 0.951. The van der Waals surface area contributed by atoms with Gasteiger partial charge in [-0.3, -0.25) is 9.59 Å². The Bertz CT molecular complexity index is 694. The van der Waals surface area contributed by atoms with E-state index in [0.29, 0.717) is 25.9 Å². The number of amides is 1. The van der Waals surface area contributed by atoms with E-state index in [1.807, 2.05) is 12.1 Å². The number of hydrogen-bond donors (Lipinski definition) is 1. The van der Waals surface area contributed by atoms with Crippen LogP contribution >= 0.6 is 11.3 Å². The second kappa shape index (κ2) is 6.48. The van der Waals surface area contributed by atoms with Crippen LogP contribution in [0.2, 0.25) is 0 Å². The molecule has 1 N–H and O–H groups in total. The number of benzene rings is 1. The van der Waals surface area contributed by atoms with Crippen molar-refractivity contribution in [2.24, 2.45) is 5.92 Å². The van der Waals surface area contributed by atoms with E-state index >= 15 is 0 Å². The molecule has 4 nitrogen and oxygen atoms in total. The van der Waals surface area contributed by atoms with Gasteiger partial charge < -0.3 is 10.0 Å². The van der Waals surface area contributed by atoms with Crippen LogP contribution in [-0.2, 0) is 16.0 Å². The maximum atomic E-state index is 12.1. The molecule has 0 bridgehead atoms. The highest BCUT2D eigenvalue weighted by Gasteiger charge is 2.30. The molecular weight excluding hydrogens is 298 g/mol. The van der Waals surface area contributed by atoms with Crippen LogP contribution in [-0.4, -0.2) is 35.0 Å². The number of rotatable bonds is 5. The number of hydrogen-bond acceptors (Lipinski definition) is 3. The largest absolute Gasteiger partial charge is 0.481 e. The van der Waals surface area contributed by atoms with Crippen molar-refractivity contribution < 1.29 is 14.7 Å². The summed E-state index contributed by atoms with van der Waals surface area (Å²) < 4.78 is 1.28. The molecule has 0 unspecified atom stereocenters. The first kappa shape index (κ1) is 15.0. The minimum absolute atomic E-state index is 0.0864. The zero-order valence-corrected chi connectivity index (χ0v) is 13.1. The molecule has 22 heavy (non-hydrogen) atoms. The average Bonchev–Trinajstić information content (AvgIpc) is 3.14. The topological polar surface area (TPSA) is 57.6 Å². The standard InChI is InChI=1S/C17H19NO3S/c19-16(18-9-8-12(10-18)17(20)21)7-3-4-13-11-22-15-6-2-1-5-14(13)15/h1-2,5-6,11-12H,3-4,7-10H2,(H,20,21)/t12-/m1/s1. The van der Waals surface area contributed by atoms with Gasteiger partial charge in [0.05, 0.1) is 5.92 Å². The molecule has 0 aliphatic carbocycles. The van der Waals surface area contributed by atoms with Gasteiger partial charge in [-0.15, -0.1) is 11.3 Å². The number of aliphatic carboxylic acids is 1. The highest BCUT2D eigenvalue weighted by atomic mass is 32.1. The van der Waals surface area contributed by atoms with Gasteiger partial charge in [-0.1, -0.05) is 18.2 Å². The van der Waals surface area contributed by atoms with E-state index in [9.17, 15) is 9.59 Å². The molecule has 1 aromatic heterocycles. The quantitative estimate of drug-likeness (QED) is 0.921. The number of carbonyl (C=O) groups is 2. The summed E-state index contributed by atoms with van der Waals surface area (Å²) in [5.41, 5.74) is 1.30. The molecule has 1 fully saturated rings. The second-order valence-corrected chi connectivity index (χ2v) is 6.69. The van der Waals surface area contributed by atoms with E-state index in [1.165, 1.54) is 15.6 Å². The molecule has 1 aromatic carbocycles. The number of nitrogens with zero attached hydrogens (tertiary/aromatic N) is 1. The minimum Gasteiger partial charge on any atom is -0.481 e. The van der Waals surface area contributed by atoms with Crippen molar-refractivity contribution in [3.05, 3.63) is 35.2 Å². The summed E-state index contributed by atoms with van der Waals surface area (Å²) in [6, 6.07) is 8.32. The Balaban J connectivity index is 1.51. The number of likely N-dealkylation sites (tertiary alicyclic amines) is 1. The Labute approximate surface area is 133 Å². The molecule has 0 spiro atoms. The Morgan fingerprint density at radius 3 is 2.91 bits per heavy atom. The summed E-state index contributed by atoms with van der Waals surface area (Å²) in [5, 5.41) is 12.4. The van der Waals surface area contributed by atoms with Crippen molar-refractivity contribution in [3.63, 3.8) is 0 Å². The molecule has 1 amide bonds. The summed E-state index contributed by atoms with van der Waals surface area (Å²) in [4.78, 5) is 24.8. The molecule has 0 saturated carbocycles. The third-order valence-electron chi connectivity index (χ3n) is 4.29. The van der Waals surface area contributed by atoms with Gasteiger partial charge in [-0.05, 0) is 41.7 Å². The van der Waals surface area contributed by atoms with E-state index in [-0.39, 0.29) is 11.8 Å². The van der Waals surface area contributed by atoms with Crippen LogP contribution in [0.4, 0.5) is 0 Å². The van der Waals surface area contributed by atoms with E-state index in [4.69, 9.17) is 5.11 Å². The van der Waals surface area contributed by atoms with Gasteiger partial charge >= 0.3 is 5.97 Å². The summed E-state index contributed by atoms with van der Waals surface area (Å²) >= 11 is 1.74. The van der Waals surface area contributed by atoms with E-state index < -0.39 is 5.97 Å². The van der Waals surface area contributed by atoms with Crippen LogP contribution in [0.1, 0.15) is 24.8 Å². The average molecular weight is 317 g/mol. The SMILES string of the molecule is O=C(O)[C@@H]1CCN(C(=O)CCCc2csc3ccccc23)C1. The summed E-state index contributed by atoms with van der Waals surface area (Å²) in [7, 11) is 0. The summed E-state index contributed by atoms with van der Waals surface area (Å²) in [5.74, 6) is -1.09.